The Morgan fingerprint density at radius 3 is 2.78 bits per heavy atom. The first kappa shape index (κ1) is 16.1. The highest BCUT2D eigenvalue weighted by molar-refractivity contribution is 5.77. The van der Waals surface area contributed by atoms with Crippen LogP contribution in [0.5, 0.6) is 5.75 Å². The molecule has 1 aromatic carbocycles. The Bertz CT molecular complexity index is 537. The van der Waals surface area contributed by atoms with Crippen LogP contribution in [0.2, 0.25) is 0 Å². The molecule has 3 rings (SSSR count). The average molecular weight is 318 g/mol. The molecular formula is C18H28N3O2+. The van der Waals surface area contributed by atoms with E-state index >= 15 is 0 Å². The third-order valence-corrected chi connectivity index (χ3v) is 5.02. The average Bonchev–Trinajstić information content (AvgIpc) is 3.40. The van der Waals surface area contributed by atoms with Crippen LogP contribution in [0.3, 0.4) is 0 Å². The van der Waals surface area contributed by atoms with Gasteiger partial charge in [0.25, 0.3) is 5.91 Å². The molecule has 1 saturated heterocycles. The SMILES string of the molecule is COc1cccc(N2CC[NH+](CC(=O)N[C@H](C)C3CC3)CC2)c1. The van der Waals surface area contributed by atoms with Crippen LogP contribution in [0, 0.1) is 5.92 Å². The molecule has 1 amide bonds. The molecule has 1 aliphatic heterocycles. The molecule has 0 radical (unpaired) electrons. The first-order valence-corrected chi connectivity index (χ1v) is 8.67. The molecule has 126 valence electrons. The van der Waals surface area contributed by atoms with Gasteiger partial charge >= 0.3 is 0 Å². The maximum atomic E-state index is 12.1. The summed E-state index contributed by atoms with van der Waals surface area (Å²) in [5.74, 6) is 1.82. The maximum Gasteiger partial charge on any atom is 0.275 e. The van der Waals surface area contributed by atoms with Gasteiger partial charge in [0.2, 0.25) is 0 Å². The summed E-state index contributed by atoms with van der Waals surface area (Å²) in [6.45, 7) is 6.70. The van der Waals surface area contributed by atoms with E-state index in [1.165, 1.54) is 23.4 Å². The fourth-order valence-electron chi connectivity index (χ4n) is 3.31. The second kappa shape index (κ2) is 7.21. The molecule has 1 aliphatic carbocycles. The number of nitrogens with zero attached hydrogens (tertiary/aromatic N) is 1. The lowest BCUT2D eigenvalue weighted by Crippen LogP contribution is -3.16. The number of carbonyl (C=O) groups is 1. The number of piperazine rings is 1. The van der Waals surface area contributed by atoms with Crippen LogP contribution in [0.1, 0.15) is 19.8 Å². The first-order chi connectivity index (χ1) is 11.2. The number of amides is 1. The summed E-state index contributed by atoms with van der Waals surface area (Å²) in [6, 6.07) is 8.54. The Labute approximate surface area is 138 Å². The van der Waals surface area contributed by atoms with Gasteiger partial charge in [-0.15, -0.1) is 0 Å². The summed E-state index contributed by atoms with van der Waals surface area (Å²) in [6.07, 6.45) is 2.54. The quantitative estimate of drug-likeness (QED) is 0.794. The number of hydrogen-bond donors (Lipinski definition) is 2. The van der Waals surface area contributed by atoms with E-state index in [1.54, 1.807) is 7.11 Å². The van der Waals surface area contributed by atoms with Crippen LogP contribution < -0.4 is 19.9 Å². The van der Waals surface area contributed by atoms with Gasteiger partial charge < -0.3 is 19.9 Å². The van der Waals surface area contributed by atoms with Crippen molar-refractivity contribution in [1.29, 1.82) is 0 Å². The van der Waals surface area contributed by atoms with Gasteiger partial charge in [-0.3, -0.25) is 4.79 Å². The summed E-state index contributed by atoms with van der Waals surface area (Å²) in [4.78, 5) is 15.9. The number of hydrogen-bond acceptors (Lipinski definition) is 3. The summed E-state index contributed by atoms with van der Waals surface area (Å²) in [5.41, 5.74) is 1.20. The molecule has 0 unspecified atom stereocenters. The molecular weight excluding hydrogens is 290 g/mol. The summed E-state index contributed by atoms with van der Waals surface area (Å²) >= 11 is 0. The second-order valence-corrected chi connectivity index (χ2v) is 6.81. The van der Waals surface area contributed by atoms with Crippen LogP contribution in [0.15, 0.2) is 24.3 Å². The van der Waals surface area contributed by atoms with Gasteiger partial charge in [-0.1, -0.05) is 6.07 Å². The lowest BCUT2D eigenvalue weighted by Gasteiger charge is -2.33. The number of ether oxygens (including phenoxy) is 1. The van der Waals surface area contributed by atoms with Crippen molar-refractivity contribution in [2.24, 2.45) is 5.92 Å². The molecule has 1 aromatic rings. The highest BCUT2D eigenvalue weighted by Crippen LogP contribution is 2.32. The molecule has 5 heteroatoms. The van der Waals surface area contributed by atoms with Crippen molar-refractivity contribution in [3.63, 3.8) is 0 Å². The molecule has 1 atom stereocenters. The Morgan fingerprint density at radius 2 is 2.13 bits per heavy atom. The van der Waals surface area contributed by atoms with Crippen LogP contribution >= 0.6 is 0 Å². The third kappa shape index (κ3) is 4.38. The Kier molecular flexibility index (Phi) is 5.06. The normalized spacial score (nSPS) is 20.2. The lowest BCUT2D eigenvalue weighted by molar-refractivity contribution is -0.892. The highest BCUT2D eigenvalue weighted by Gasteiger charge is 2.30. The van der Waals surface area contributed by atoms with Crippen molar-refractivity contribution in [3.8, 4) is 5.75 Å². The number of carbonyl (C=O) groups excluding carboxylic acids is 1. The van der Waals surface area contributed by atoms with Crippen molar-refractivity contribution in [2.75, 3.05) is 44.7 Å². The van der Waals surface area contributed by atoms with Crippen LogP contribution in [-0.2, 0) is 4.79 Å². The highest BCUT2D eigenvalue weighted by atomic mass is 16.5. The minimum absolute atomic E-state index is 0.203. The molecule has 23 heavy (non-hydrogen) atoms. The second-order valence-electron chi connectivity index (χ2n) is 6.81. The smallest absolute Gasteiger partial charge is 0.275 e. The number of benzene rings is 1. The predicted molar refractivity (Wildman–Crippen MR) is 91.1 cm³/mol. The largest absolute Gasteiger partial charge is 0.497 e. The first-order valence-electron chi connectivity index (χ1n) is 8.67. The summed E-state index contributed by atoms with van der Waals surface area (Å²) < 4.78 is 5.30. The van der Waals surface area contributed by atoms with Crippen molar-refractivity contribution in [3.05, 3.63) is 24.3 Å². The van der Waals surface area contributed by atoms with Crippen molar-refractivity contribution in [1.82, 2.24) is 5.32 Å². The van der Waals surface area contributed by atoms with Gasteiger partial charge in [-0.25, -0.2) is 0 Å². The Morgan fingerprint density at radius 1 is 1.39 bits per heavy atom. The fraction of sp³-hybridized carbons (Fsp3) is 0.611. The molecule has 0 spiro atoms. The van der Waals surface area contributed by atoms with E-state index in [1.807, 2.05) is 12.1 Å². The maximum absolute atomic E-state index is 12.1. The van der Waals surface area contributed by atoms with E-state index in [2.05, 4.69) is 29.3 Å². The fourth-order valence-corrected chi connectivity index (χ4v) is 3.31. The van der Waals surface area contributed by atoms with Gasteiger partial charge in [0.1, 0.15) is 5.75 Å². The number of rotatable bonds is 6. The lowest BCUT2D eigenvalue weighted by atomic mass is 10.2. The standard InChI is InChI=1S/C18H27N3O2/c1-14(15-6-7-15)19-18(22)13-20-8-10-21(11-9-20)16-4-3-5-17(12-16)23-2/h3-5,12,14-15H,6-11,13H2,1-2H3,(H,19,22)/p+1/t14-/m1/s1. The monoisotopic (exact) mass is 318 g/mol. The molecule has 2 N–H and O–H groups in total. The third-order valence-electron chi connectivity index (χ3n) is 5.02. The van der Waals surface area contributed by atoms with Crippen LogP contribution in [-0.4, -0.2) is 51.8 Å². The van der Waals surface area contributed by atoms with Gasteiger partial charge in [-0.2, -0.15) is 0 Å². The van der Waals surface area contributed by atoms with E-state index in [0.29, 0.717) is 12.6 Å². The van der Waals surface area contributed by atoms with Crippen molar-refractivity contribution < 1.29 is 14.4 Å². The number of nitrogens with one attached hydrogen (secondary N) is 2. The molecule has 5 nitrogen and oxygen atoms in total. The molecule has 0 bridgehead atoms. The molecule has 1 saturated carbocycles. The molecule has 2 aliphatic rings. The Hall–Kier alpha value is -1.75. The zero-order valence-electron chi connectivity index (χ0n) is 14.2. The molecule has 0 aromatic heterocycles. The van der Waals surface area contributed by atoms with E-state index in [4.69, 9.17) is 4.74 Å². The molecule has 2 fully saturated rings. The van der Waals surface area contributed by atoms with Gasteiger partial charge in [0, 0.05) is 17.8 Å². The van der Waals surface area contributed by atoms with Crippen LogP contribution in [0.25, 0.3) is 0 Å². The minimum atomic E-state index is 0.203. The van der Waals surface area contributed by atoms with Gasteiger partial charge in [0.15, 0.2) is 6.54 Å². The zero-order chi connectivity index (χ0) is 16.2. The van der Waals surface area contributed by atoms with E-state index in [9.17, 15) is 4.79 Å². The number of anilines is 1. The van der Waals surface area contributed by atoms with Gasteiger partial charge in [0.05, 0.1) is 33.3 Å². The van der Waals surface area contributed by atoms with E-state index in [-0.39, 0.29) is 5.91 Å². The Balaban J connectivity index is 1.45. The van der Waals surface area contributed by atoms with Gasteiger partial charge in [-0.05, 0) is 37.8 Å². The summed E-state index contributed by atoms with van der Waals surface area (Å²) in [5, 5.41) is 3.16. The topological polar surface area (TPSA) is 46.0 Å². The van der Waals surface area contributed by atoms with E-state index < -0.39 is 0 Å². The summed E-state index contributed by atoms with van der Waals surface area (Å²) in [7, 11) is 1.70. The van der Waals surface area contributed by atoms with Crippen molar-refractivity contribution >= 4 is 11.6 Å². The van der Waals surface area contributed by atoms with Crippen molar-refractivity contribution in [2.45, 2.75) is 25.8 Å². The number of quaternary nitrogens is 1. The molecule has 1 heterocycles. The van der Waals surface area contributed by atoms with Crippen LogP contribution in [0.4, 0.5) is 5.69 Å². The zero-order valence-corrected chi connectivity index (χ0v) is 14.2. The number of methoxy groups -OCH3 is 1. The minimum Gasteiger partial charge on any atom is -0.497 e. The predicted octanol–water partition coefficient (Wildman–Crippen LogP) is 0.315. The van der Waals surface area contributed by atoms with E-state index in [0.717, 1.165) is 37.8 Å².